The van der Waals surface area contributed by atoms with Gasteiger partial charge >= 0.3 is 0 Å². The molecule has 1 aliphatic rings. The molecule has 2 heteroatoms. The van der Waals surface area contributed by atoms with Crippen molar-refractivity contribution in [2.75, 3.05) is 13.1 Å². The molecule has 0 saturated heterocycles. The molecule has 0 radical (unpaired) electrons. The third-order valence-corrected chi connectivity index (χ3v) is 3.81. The fourth-order valence-electron chi connectivity index (χ4n) is 2.66. The van der Waals surface area contributed by atoms with Gasteiger partial charge in [-0.3, -0.25) is 4.90 Å². The minimum Gasteiger partial charge on any atom is -0.324 e. The van der Waals surface area contributed by atoms with Crippen LogP contribution in [-0.4, -0.2) is 29.6 Å². The van der Waals surface area contributed by atoms with Crippen LogP contribution in [0, 0.1) is 5.92 Å². The van der Waals surface area contributed by atoms with E-state index in [0.29, 0.717) is 0 Å². The molecule has 0 amide bonds. The Hall–Kier alpha value is -0.0800. The lowest BCUT2D eigenvalue weighted by atomic mass is 9.97. The lowest BCUT2D eigenvalue weighted by Gasteiger charge is -2.37. The first-order chi connectivity index (χ1) is 7.44. The molecule has 0 heterocycles. The molecule has 1 unspecified atom stereocenters. The van der Waals surface area contributed by atoms with Gasteiger partial charge < -0.3 is 5.73 Å². The molecule has 0 aromatic heterocycles. The van der Waals surface area contributed by atoms with Crippen LogP contribution in [0.5, 0.6) is 0 Å². The van der Waals surface area contributed by atoms with E-state index in [-0.39, 0.29) is 5.54 Å². The largest absolute Gasteiger partial charge is 0.324 e. The highest BCUT2D eigenvalue weighted by Gasteiger charge is 2.28. The molecule has 0 aromatic rings. The summed E-state index contributed by atoms with van der Waals surface area (Å²) < 4.78 is 0. The molecule has 96 valence electrons. The van der Waals surface area contributed by atoms with Gasteiger partial charge in [0.25, 0.3) is 0 Å². The second kappa shape index (κ2) is 6.02. The average Bonchev–Trinajstić information content (AvgIpc) is 2.68. The predicted molar refractivity (Wildman–Crippen MR) is 71.6 cm³/mol. The van der Waals surface area contributed by atoms with Gasteiger partial charge in [0.15, 0.2) is 0 Å². The highest BCUT2D eigenvalue weighted by molar-refractivity contribution is 4.86. The molecule has 1 atom stereocenters. The SMILES string of the molecule is CCC(C)(N)CN(CC(C)C)C1CCCC1. The molecule has 1 fully saturated rings. The highest BCUT2D eigenvalue weighted by atomic mass is 15.2. The number of rotatable bonds is 6. The minimum absolute atomic E-state index is 0.0164. The van der Waals surface area contributed by atoms with E-state index in [0.717, 1.165) is 24.9 Å². The third-order valence-electron chi connectivity index (χ3n) is 3.81. The van der Waals surface area contributed by atoms with Crippen molar-refractivity contribution in [3.8, 4) is 0 Å². The van der Waals surface area contributed by atoms with Crippen LogP contribution in [0.3, 0.4) is 0 Å². The van der Waals surface area contributed by atoms with E-state index in [2.05, 4.69) is 32.6 Å². The van der Waals surface area contributed by atoms with Crippen LogP contribution in [0.15, 0.2) is 0 Å². The summed E-state index contributed by atoms with van der Waals surface area (Å²) in [7, 11) is 0. The van der Waals surface area contributed by atoms with Gasteiger partial charge in [-0.1, -0.05) is 33.6 Å². The second-order valence-corrected chi connectivity index (χ2v) is 6.27. The molecule has 16 heavy (non-hydrogen) atoms. The summed E-state index contributed by atoms with van der Waals surface area (Å²) in [6.07, 6.45) is 6.65. The summed E-state index contributed by atoms with van der Waals surface area (Å²) in [6.45, 7) is 11.3. The van der Waals surface area contributed by atoms with E-state index in [1.54, 1.807) is 0 Å². The molecule has 0 spiro atoms. The van der Waals surface area contributed by atoms with E-state index in [4.69, 9.17) is 5.73 Å². The molecule has 0 bridgehead atoms. The van der Waals surface area contributed by atoms with Crippen LogP contribution < -0.4 is 5.73 Å². The van der Waals surface area contributed by atoms with Crippen LogP contribution >= 0.6 is 0 Å². The number of nitrogens with zero attached hydrogens (tertiary/aromatic N) is 1. The van der Waals surface area contributed by atoms with E-state index >= 15 is 0 Å². The van der Waals surface area contributed by atoms with E-state index in [9.17, 15) is 0 Å². The van der Waals surface area contributed by atoms with Crippen LogP contribution in [0.1, 0.15) is 59.8 Å². The molecule has 2 nitrogen and oxygen atoms in total. The molecule has 1 rings (SSSR count). The summed E-state index contributed by atoms with van der Waals surface area (Å²) in [4.78, 5) is 2.65. The zero-order valence-electron chi connectivity index (χ0n) is 11.6. The molecular formula is C14H30N2. The monoisotopic (exact) mass is 226 g/mol. The standard InChI is InChI=1S/C14H30N2/c1-5-14(4,15)11-16(10-12(2)3)13-8-6-7-9-13/h12-13H,5-11,15H2,1-4H3. The topological polar surface area (TPSA) is 29.3 Å². The maximum Gasteiger partial charge on any atom is 0.0252 e. The average molecular weight is 226 g/mol. The summed E-state index contributed by atoms with van der Waals surface area (Å²) in [5.41, 5.74) is 6.30. The molecule has 0 aliphatic heterocycles. The van der Waals surface area contributed by atoms with Gasteiger partial charge in [-0.25, -0.2) is 0 Å². The van der Waals surface area contributed by atoms with Crippen molar-refractivity contribution in [1.29, 1.82) is 0 Å². The predicted octanol–water partition coefficient (Wildman–Crippen LogP) is 3.01. The van der Waals surface area contributed by atoms with Gasteiger partial charge in [0.2, 0.25) is 0 Å². The van der Waals surface area contributed by atoms with Crippen LogP contribution in [0.2, 0.25) is 0 Å². The minimum atomic E-state index is -0.0164. The maximum absolute atomic E-state index is 6.32. The molecule has 0 aromatic carbocycles. The normalized spacial score (nSPS) is 21.9. The summed E-state index contributed by atoms with van der Waals surface area (Å²) in [6, 6.07) is 0.803. The molecular weight excluding hydrogens is 196 g/mol. The highest BCUT2D eigenvalue weighted by Crippen LogP contribution is 2.25. The summed E-state index contributed by atoms with van der Waals surface area (Å²) in [5, 5.41) is 0. The lowest BCUT2D eigenvalue weighted by molar-refractivity contribution is 0.140. The van der Waals surface area contributed by atoms with Gasteiger partial charge in [0, 0.05) is 24.7 Å². The van der Waals surface area contributed by atoms with Gasteiger partial charge in [-0.05, 0) is 32.1 Å². The summed E-state index contributed by atoms with van der Waals surface area (Å²) >= 11 is 0. The molecule has 2 N–H and O–H groups in total. The van der Waals surface area contributed by atoms with Crippen LogP contribution in [-0.2, 0) is 0 Å². The van der Waals surface area contributed by atoms with E-state index in [1.807, 2.05) is 0 Å². The Kier molecular flexibility index (Phi) is 5.26. The first-order valence-corrected chi connectivity index (χ1v) is 6.97. The van der Waals surface area contributed by atoms with Crippen molar-refractivity contribution >= 4 is 0 Å². The number of nitrogens with two attached hydrogens (primary N) is 1. The number of hydrogen-bond acceptors (Lipinski definition) is 2. The van der Waals surface area contributed by atoms with Crippen molar-refractivity contribution in [2.24, 2.45) is 11.7 Å². The van der Waals surface area contributed by atoms with Crippen molar-refractivity contribution < 1.29 is 0 Å². The van der Waals surface area contributed by atoms with Crippen molar-refractivity contribution in [1.82, 2.24) is 4.90 Å². The van der Waals surface area contributed by atoms with Crippen LogP contribution in [0.25, 0.3) is 0 Å². The van der Waals surface area contributed by atoms with Crippen LogP contribution in [0.4, 0.5) is 0 Å². The maximum atomic E-state index is 6.32. The third kappa shape index (κ3) is 4.42. The quantitative estimate of drug-likeness (QED) is 0.754. The first-order valence-electron chi connectivity index (χ1n) is 6.97. The first kappa shape index (κ1) is 14.0. The van der Waals surface area contributed by atoms with Crippen molar-refractivity contribution in [3.05, 3.63) is 0 Å². The molecule has 1 saturated carbocycles. The Morgan fingerprint density at radius 1 is 1.31 bits per heavy atom. The summed E-state index contributed by atoms with van der Waals surface area (Å²) in [5.74, 6) is 0.744. The van der Waals surface area contributed by atoms with Gasteiger partial charge in [0.1, 0.15) is 0 Å². The Morgan fingerprint density at radius 2 is 1.88 bits per heavy atom. The second-order valence-electron chi connectivity index (χ2n) is 6.27. The van der Waals surface area contributed by atoms with Gasteiger partial charge in [-0.2, -0.15) is 0 Å². The Labute approximate surface area is 102 Å². The Morgan fingerprint density at radius 3 is 2.31 bits per heavy atom. The van der Waals surface area contributed by atoms with E-state index in [1.165, 1.54) is 32.2 Å². The number of hydrogen-bond donors (Lipinski definition) is 1. The smallest absolute Gasteiger partial charge is 0.0252 e. The molecule has 1 aliphatic carbocycles. The lowest BCUT2D eigenvalue weighted by Crippen LogP contribution is -2.51. The fourth-order valence-corrected chi connectivity index (χ4v) is 2.66. The zero-order valence-corrected chi connectivity index (χ0v) is 11.6. The fraction of sp³-hybridized carbons (Fsp3) is 1.00. The zero-order chi connectivity index (χ0) is 12.2. The Balaban J connectivity index is 2.55. The van der Waals surface area contributed by atoms with Gasteiger partial charge in [-0.15, -0.1) is 0 Å². The van der Waals surface area contributed by atoms with Crippen molar-refractivity contribution in [2.45, 2.75) is 71.4 Å². The Bertz CT molecular complexity index is 193. The van der Waals surface area contributed by atoms with E-state index < -0.39 is 0 Å². The van der Waals surface area contributed by atoms with Crippen molar-refractivity contribution in [3.63, 3.8) is 0 Å². The van der Waals surface area contributed by atoms with Gasteiger partial charge in [0.05, 0.1) is 0 Å².